The number of hydrogen-bond donors (Lipinski definition) is 2. The maximum absolute atomic E-state index is 13.5. The Morgan fingerprint density at radius 3 is 2.12 bits per heavy atom. The minimum atomic E-state index is -1.45. The zero-order chi connectivity index (χ0) is 27.5. The molecular weight excluding hydrogens is 500 g/mol. The van der Waals surface area contributed by atoms with Gasteiger partial charge in [0.25, 0.3) is 5.91 Å². The molecule has 2 unspecified atom stereocenters. The minimum absolute atomic E-state index is 0.0258. The number of rotatable bonds is 10. The Morgan fingerprint density at radius 2 is 1.48 bits per heavy atom. The topological polar surface area (TPSA) is 78.9 Å². The van der Waals surface area contributed by atoms with Crippen LogP contribution in [0.25, 0.3) is 0 Å². The summed E-state index contributed by atoms with van der Waals surface area (Å²) in [7, 11) is 0. The number of fused-ring (bicyclic) bond motifs is 1. The second-order valence-electron chi connectivity index (χ2n) is 11.7. The summed E-state index contributed by atoms with van der Waals surface area (Å²) >= 11 is 0. The van der Waals surface area contributed by atoms with E-state index in [1.807, 2.05) is 84.9 Å². The molecule has 4 atom stereocenters. The van der Waals surface area contributed by atoms with Gasteiger partial charge in [0.2, 0.25) is 0 Å². The highest BCUT2D eigenvalue weighted by Crippen LogP contribution is 2.47. The van der Waals surface area contributed by atoms with E-state index in [2.05, 4.69) is 10.2 Å². The van der Waals surface area contributed by atoms with Crippen molar-refractivity contribution in [2.24, 2.45) is 17.8 Å². The molecule has 1 amide bonds. The van der Waals surface area contributed by atoms with Crippen LogP contribution in [-0.4, -0.2) is 47.6 Å². The van der Waals surface area contributed by atoms with Crippen LogP contribution >= 0.6 is 0 Å². The third kappa shape index (κ3) is 5.56. The van der Waals surface area contributed by atoms with Crippen LogP contribution in [0.2, 0.25) is 0 Å². The number of nitrogens with one attached hydrogen (secondary N) is 1. The van der Waals surface area contributed by atoms with Crippen LogP contribution in [0.3, 0.4) is 0 Å². The number of amides is 1. The molecule has 40 heavy (non-hydrogen) atoms. The van der Waals surface area contributed by atoms with Crippen molar-refractivity contribution in [2.45, 2.75) is 50.4 Å². The highest BCUT2D eigenvalue weighted by Gasteiger charge is 2.58. The molecule has 1 saturated heterocycles. The van der Waals surface area contributed by atoms with Gasteiger partial charge in [-0.1, -0.05) is 85.6 Å². The van der Waals surface area contributed by atoms with Crippen molar-refractivity contribution < 1.29 is 19.4 Å². The van der Waals surface area contributed by atoms with E-state index in [0.717, 1.165) is 57.3 Å². The lowest BCUT2D eigenvalue weighted by Gasteiger charge is -2.33. The number of ether oxygens (including phenoxy) is 1. The van der Waals surface area contributed by atoms with E-state index >= 15 is 0 Å². The molecule has 2 N–H and O–H groups in total. The molecule has 3 aromatic rings. The van der Waals surface area contributed by atoms with Crippen molar-refractivity contribution in [3.05, 3.63) is 107 Å². The molecule has 208 valence electrons. The summed E-state index contributed by atoms with van der Waals surface area (Å²) in [6, 6.07) is 27.0. The SMILES string of the molecule is O=C(OCc1ccccc1)c1ccc(CCN2C[C@@H]3C(NC(=O)C(O)(c4ccccc4)C4CCCC4)[C@@H]3C2)cc1. The fourth-order valence-electron chi connectivity index (χ4n) is 6.76. The molecule has 6 heteroatoms. The fraction of sp³-hybridized carbons (Fsp3) is 0.412. The average Bonchev–Trinajstić information content (AvgIpc) is 3.39. The molecule has 0 bridgehead atoms. The number of hydrogen-bond acceptors (Lipinski definition) is 5. The van der Waals surface area contributed by atoms with E-state index in [1.54, 1.807) is 0 Å². The van der Waals surface area contributed by atoms with Crippen LogP contribution < -0.4 is 5.32 Å². The quantitative estimate of drug-likeness (QED) is 0.366. The lowest BCUT2D eigenvalue weighted by Crippen LogP contribution is -2.51. The van der Waals surface area contributed by atoms with Gasteiger partial charge in [0.05, 0.1) is 5.56 Å². The largest absolute Gasteiger partial charge is 0.457 e. The van der Waals surface area contributed by atoms with E-state index < -0.39 is 5.60 Å². The van der Waals surface area contributed by atoms with Crippen molar-refractivity contribution in [3.8, 4) is 0 Å². The van der Waals surface area contributed by atoms with Gasteiger partial charge in [-0.25, -0.2) is 4.79 Å². The highest BCUT2D eigenvalue weighted by molar-refractivity contribution is 5.89. The summed E-state index contributed by atoms with van der Waals surface area (Å²) in [6.07, 6.45) is 4.82. The smallest absolute Gasteiger partial charge is 0.338 e. The predicted molar refractivity (Wildman–Crippen MR) is 153 cm³/mol. The Morgan fingerprint density at radius 1 is 0.850 bits per heavy atom. The van der Waals surface area contributed by atoms with Gasteiger partial charge < -0.3 is 20.1 Å². The van der Waals surface area contributed by atoms with Crippen molar-refractivity contribution in [2.75, 3.05) is 19.6 Å². The molecule has 3 aliphatic rings. The summed E-state index contributed by atoms with van der Waals surface area (Å²) in [5, 5.41) is 15.0. The molecule has 1 heterocycles. The zero-order valence-corrected chi connectivity index (χ0v) is 22.9. The first kappa shape index (κ1) is 26.7. The molecule has 1 aliphatic heterocycles. The summed E-state index contributed by atoms with van der Waals surface area (Å²) in [5.74, 6) is 0.347. The van der Waals surface area contributed by atoms with E-state index in [9.17, 15) is 14.7 Å². The molecule has 0 spiro atoms. The van der Waals surface area contributed by atoms with Crippen molar-refractivity contribution in [1.29, 1.82) is 0 Å². The molecule has 2 aliphatic carbocycles. The average molecular weight is 539 g/mol. The van der Waals surface area contributed by atoms with Crippen molar-refractivity contribution in [3.63, 3.8) is 0 Å². The van der Waals surface area contributed by atoms with Gasteiger partial charge in [-0.15, -0.1) is 0 Å². The normalized spacial score (nSPS) is 23.8. The van der Waals surface area contributed by atoms with Gasteiger partial charge in [-0.2, -0.15) is 0 Å². The van der Waals surface area contributed by atoms with Crippen LogP contribution in [0.4, 0.5) is 0 Å². The third-order valence-electron chi connectivity index (χ3n) is 9.19. The van der Waals surface area contributed by atoms with Gasteiger partial charge in [-0.3, -0.25) is 4.79 Å². The molecule has 3 aromatic carbocycles. The van der Waals surface area contributed by atoms with Gasteiger partial charge >= 0.3 is 5.97 Å². The number of carbonyl (C=O) groups excluding carboxylic acids is 2. The highest BCUT2D eigenvalue weighted by atomic mass is 16.5. The number of nitrogens with zero attached hydrogens (tertiary/aromatic N) is 1. The molecule has 6 rings (SSSR count). The lowest BCUT2D eigenvalue weighted by molar-refractivity contribution is -0.147. The number of likely N-dealkylation sites (tertiary alicyclic amines) is 1. The number of benzene rings is 3. The van der Waals surface area contributed by atoms with E-state index in [4.69, 9.17) is 4.74 Å². The van der Waals surface area contributed by atoms with E-state index in [1.165, 1.54) is 5.56 Å². The number of aliphatic hydroxyl groups is 1. The summed E-state index contributed by atoms with van der Waals surface area (Å²) in [4.78, 5) is 28.4. The Labute approximate surface area is 236 Å². The standard InChI is InChI=1S/C34H38N2O4/c37-32(40-23-25-9-3-1-4-10-25)26-17-15-24(16-18-26)19-20-36-21-29-30(22-36)31(29)35-33(38)34(39,28-13-7-8-14-28)27-11-5-2-6-12-27/h1-6,9-12,15-18,28-31,39H,7-8,13-14,19-23H2,(H,35,38)/t29-,30+,31?,34?. The second kappa shape index (κ2) is 11.6. The first-order valence-corrected chi connectivity index (χ1v) is 14.6. The fourth-order valence-corrected chi connectivity index (χ4v) is 6.76. The molecule has 0 aromatic heterocycles. The van der Waals surface area contributed by atoms with Crippen LogP contribution in [-0.2, 0) is 28.2 Å². The zero-order valence-electron chi connectivity index (χ0n) is 22.9. The third-order valence-corrected chi connectivity index (χ3v) is 9.19. The molecule has 2 saturated carbocycles. The monoisotopic (exact) mass is 538 g/mol. The lowest BCUT2D eigenvalue weighted by atomic mass is 9.79. The molecule has 6 nitrogen and oxygen atoms in total. The van der Waals surface area contributed by atoms with E-state index in [-0.39, 0.29) is 30.4 Å². The van der Waals surface area contributed by atoms with Gasteiger partial charge in [-0.05, 0) is 59.9 Å². The van der Waals surface area contributed by atoms with Crippen LogP contribution in [0.5, 0.6) is 0 Å². The first-order valence-electron chi connectivity index (χ1n) is 14.6. The van der Waals surface area contributed by atoms with Gasteiger partial charge in [0.15, 0.2) is 5.60 Å². The Hall–Kier alpha value is -3.48. The number of esters is 1. The predicted octanol–water partition coefficient (Wildman–Crippen LogP) is 4.71. The Kier molecular flexibility index (Phi) is 7.72. The van der Waals surface area contributed by atoms with Crippen LogP contribution in [0, 0.1) is 17.8 Å². The maximum Gasteiger partial charge on any atom is 0.338 e. The molecule has 0 radical (unpaired) electrons. The second-order valence-corrected chi connectivity index (χ2v) is 11.7. The first-order chi connectivity index (χ1) is 19.5. The minimum Gasteiger partial charge on any atom is -0.457 e. The summed E-state index contributed by atoms with van der Waals surface area (Å²) < 4.78 is 5.43. The summed E-state index contributed by atoms with van der Waals surface area (Å²) in [5.41, 5.74) is 1.98. The Balaban J connectivity index is 0.966. The summed E-state index contributed by atoms with van der Waals surface area (Å²) in [6.45, 7) is 3.15. The van der Waals surface area contributed by atoms with E-state index in [0.29, 0.717) is 23.0 Å². The van der Waals surface area contributed by atoms with Crippen LogP contribution in [0.15, 0.2) is 84.9 Å². The van der Waals surface area contributed by atoms with Crippen molar-refractivity contribution in [1.82, 2.24) is 10.2 Å². The van der Waals surface area contributed by atoms with Crippen molar-refractivity contribution >= 4 is 11.9 Å². The van der Waals surface area contributed by atoms with Gasteiger partial charge in [0.1, 0.15) is 6.61 Å². The number of piperidine rings is 1. The number of carbonyl (C=O) groups is 2. The molecule has 3 fully saturated rings. The Bertz CT molecular complexity index is 1290. The maximum atomic E-state index is 13.5. The van der Waals surface area contributed by atoms with Gasteiger partial charge in [0, 0.05) is 31.6 Å². The van der Waals surface area contributed by atoms with Crippen LogP contribution in [0.1, 0.15) is 52.7 Å². The molecular formula is C34H38N2O4.